The van der Waals surface area contributed by atoms with Crippen LogP contribution < -0.4 is 10.6 Å². The molecule has 0 bridgehead atoms. The van der Waals surface area contributed by atoms with Gasteiger partial charge in [0.2, 0.25) is 17.7 Å². The number of rotatable bonds is 3. The van der Waals surface area contributed by atoms with Crippen molar-refractivity contribution >= 4 is 23.4 Å². The Morgan fingerprint density at radius 1 is 1.03 bits per heavy atom. The summed E-state index contributed by atoms with van der Waals surface area (Å²) in [6.07, 6.45) is 0. The highest BCUT2D eigenvalue weighted by Gasteiger charge is 2.70. The fraction of sp³-hybridized carbons (Fsp3) is 0.400. The van der Waals surface area contributed by atoms with E-state index >= 15 is 0 Å². The van der Waals surface area contributed by atoms with Gasteiger partial charge in [-0.2, -0.15) is 0 Å². The van der Waals surface area contributed by atoms with Crippen molar-refractivity contribution in [1.82, 2.24) is 10.2 Å². The SMILES string of the molecule is Cc1ccc2c(c1C)NC(=O)C21NC(C(C)C)[C@@H]2C(=O)N(Cc3ccc(F)cc3)C(=O)[C@@H]21. The molecule has 0 aromatic heterocycles. The third-order valence-electron chi connectivity index (χ3n) is 7.42. The molecule has 0 radical (unpaired) electrons. The fourth-order valence-electron chi connectivity index (χ4n) is 5.61. The maximum Gasteiger partial charge on any atom is 0.250 e. The lowest BCUT2D eigenvalue weighted by Crippen LogP contribution is -2.53. The molecular weight excluding hydrogens is 409 g/mol. The van der Waals surface area contributed by atoms with Gasteiger partial charge in [-0.15, -0.1) is 0 Å². The molecule has 3 amide bonds. The van der Waals surface area contributed by atoms with Gasteiger partial charge < -0.3 is 5.32 Å². The number of carbonyl (C=O) groups is 3. The number of amides is 3. The first kappa shape index (κ1) is 20.8. The first-order chi connectivity index (χ1) is 15.2. The minimum Gasteiger partial charge on any atom is -0.324 e. The molecule has 32 heavy (non-hydrogen) atoms. The van der Waals surface area contributed by atoms with Gasteiger partial charge in [0, 0.05) is 17.3 Å². The molecule has 2 N–H and O–H groups in total. The molecule has 3 heterocycles. The highest BCUT2D eigenvalue weighted by atomic mass is 19.1. The summed E-state index contributed by atoms with van der Waals surface area (Å²) in [4.78, 5) is 42.0. The summed E-state index contributed by atoms with van der Waals surface area (Å²) in [6, 6.07) is 9.28. The highest BCUT2D eigenvalue weighted by molar-refractivity contribution is 6.15. The van der Waals surface area contributed by atoms with E-state index in [4.69, 9.17) is 0 Å². The van der Waals surface area contributed by atoms with E-state index < -0.39 is 17.4 Å². The first-order valence-corrected chi connectivity index (χ1v) is 11.0. The quantitative estimate of drug-likeness (QED) is 0.727. The van der Waals surface area contributed by atoms with Crippen LogP contribution in [-0.4, -0.2) is 28.7 Å². The fourth-order valence-corrected chi connectivity index (χ4v) is 5.61. The number of carbonyl (C=O) groups excluding carboxylic acids is 3. The molecular formula is C25H26FN3O3. The number of anilines is 1. The topological polar surface area (TPSA) is 78.5 Å². The molecule has 6 nitrogen and oxygen atoms in total. The van der Waals surface area contributed by atoms with E-state index in [0.29, 0.717) is 5.56 Å². The Labute approximate surface area is 186 Å². The van der Waals surface area contributed by atoms with E-state index in [1.54, 1.807) is 12.1 Å². The van der Waals surface area contributed by atoms with Crippen LogP contribution in [0.4, 0.5) is 10.1 Å². The molecule has 2 aromatic rings. The lowest BCUT2D eigenvalue weighted by Gasteiger charge is -2.30. The minimum atomic E-state index is -1.28. The Balaban J connectivity index is 1.62. The molecule has 7 heteroatoms. The number of fused-ring (bicyclic) bond motifs is 4. The van der Waals surface area contributed by atoms with E-state index in [2.05, 4.69) is 10.6 Å². The smallest absolute Gasteiger partial charge is 0.250 e. The number of likely N-dealkylation sites (tertiary alicyclic amines) is 1. The zero-order valence-corrected chi connectivity index (χ0v) is 18.5. The molecule has 0 saturated carbocycles. The molecule has 4 atom stereocenters. The van der Waals surface area contributed by atoms with Crippen molar-refractivity contribution in [3.63, 3.8) is 0 Å². The lowest BCUT2D eigenvalue weighted by atomic mass is 9.75. The summed E-state index contributed by atoms with van der Waals surface area (Å²) in [5, 5.41) is 6.44. The molecule has 1 spiro atoms. The Morgan fingerprint density at radius 2 is 1.72 bits per heavy atom. The largest absolute Gasteiger partial charge is 0.324 e. The van der Waals surface area contributed by atoms with Crippen LogP contribution in [0.25, 0.3) is 0 Å². The Hall–Kier alpha value is -3.06. The number of imide groups is 1. The molecule has 3 aliphatic heterocycles. The van der Waals surface area contributed by atoms with E-state index in [9.17, 15) is 18.8 Å². The third-order valence-corrected chi connectivity index (χ3v) is 7.42. The third kappa shape index (κ3) is 2.64. The van der Waals surface area contributed by atoms with Crippen LogP contribution in [0.1, 0.15) is 36.1 Å². The minimum absolute atomic E-state index is 0.0350. The van der Waals surface area contributed by atoms with Crippen molar-refractivity contribution in [3.8, 4) is 0 Å². The Bertz CT molecular complexity index is 1160. The van der Waals surface area contributed by atoms with E-state index in [1.165, 1.54) is 17.0 Å². The van der Waals surface area contributed by atoms with E-state index in [0.717, 1.165) is 22.4 Å². The Kier molecular flexibility index (Phi) is 4.53. The predicted molar refractivity (Wildman–Crippen MR) is 117 cm³/mol. The zero-order chi connectivity index (χ0) is 22.9. The standard InChI is InChI=1S/C25H26FN3O3/c1-12(2)20-18-19(23(31)29(22(18)30)11-15-6-8-16(26)9-7-15)25(28-20)17-10-5-13(3)14(4)21(17)27-24(25)32/h5-10,12,18-20,28H,11H2,1-4H3,(H,27,32)/t18-,19-,20?,25?/m1/s1. The van der Waals surface area contributed by atoms with Crippen LogP contribution in [0.5, 0.6) is 0 Å². The summed E-state index contributed by atoms with van der Waals surface area (Å²) in [5.74, 6) is -2.74. The second kappa shape index (κ2) is 6.97. The molecule has 5 rings (SSSR count). The number of nitrogens with one attached hydrogen (secondary N) is 2. The lowest BCUT2D eigenvalue weighted by molar-refractivity contribution is -0.143. The van der Waals surface area contributed by atoms with Crippen LogP contribution in [0, 0.1) is 37.4 Å². The second-order valence-corrected chi connectivity index (χ2v) is 9.50. The van der Waals surface area contributed by atoms with Gasteiger partial charge in [0.1, 0.15) is 11.4 Å². The molecule has 166 valence electrons. The summed E-state index contributed by atoms with van der Waals surface area (Å²) in [5.41, 5.74) is 2.84. The van der Waals surface area contributed by atoms with E-state index in [1.807, 2.05) is 39.8 Å². The number of hydrogen-bond donors (Lipinski definition) is 2. The molecule has 2 aromatic carbocycles. The van der Waals surface area contributed by atoms with Crippen LogP contribution in [0.2, 0.25) is 0 Å². The van der Waals surface area contributed by atoms with Crippen molar-refractivity contribution in [3.05, 3.63) is 64.5 Å². The van der Waals surface area contributed by atoms with Gasteiger partial charge in [0.15, 0.2) is 0 Å². The van der Waals surface area contributed by atoms with Crippen LogP contribution >= 0.6 is 0 Å². The molecule has 3 aliphatic rings. The van der Waals surface area contributed by atoms with Crippen LogP contribution in [-0.2, 0) is 26.5 Å². The maximum absolute atomic E-state index is 13.7. The van der Waals surface area contributed by atoms with Crippen molar-refractivity contribution in [2.75, 3.05) is 5.32 Å². The van der Waals surface area contributed by atoms with Gasteiger partial charge in [-0.05, 0) is 48.6 Å². The van der Waals surface area contributed by atoms with Gasteiger partial charge >= 0.3 is 0 Å². The second-order valence-electron chi connectivity index (χ2n) is 9.50. The van der Waals surface area contributed by atoms with Crippen molar-refractivity contribution in [2.24, 2.45) is 17.8 Å². The van der Waals surface area contributed by atoms with Crippen LogP contribution in [0.3, 0.4) is 0 Å². The average Bonchev–Trinajstić information content (AvgIpc) is 3.34. The Morgan fingerprint density at radius 3 is 2.38 bits per heavy atom. The first-order valence-electron chi connectivity index (χ1n) is 11.0. The van der Waals surface area contributed by atoms with Gasteiger partial charge in [0.05, 0.1) is 18.4 Å². The number of benzene rings is 2. The van der Waals surface area contributed by atoms with Gasteiger partial charge in [-0.3, -0.25) is 24.6 Å². The summed E-state index contributed by atoms with van der Waals surface area (Å²) < 4.78 is 13.3. The number of nitrogens with zero attached hydrogens (tertiary/aromatic N) is 1. The van der Waals surface area contributed by atoms with Crippen molar-refractivity contribution in [2.45, 2.75) is 45.8 Å². The highest BCUT2D eigenvalue weighted by Crippen LogP contribution is 2.54. The average molecular weight is 435 g/mol. The van der Waals surface area contributed by atoms with Gasteiger partial charge in [-0.25, -0.2) is 4.39 Å². The summed E-state index contributed by atoms with van der Waals surface area (Å²) in [6.45, 7) is 7.96. The molecule has 2 saturated heterocycles. The van der Waals surface area contributed by atoms with Gasteiger partial charge in [-0.1, -0.05) is 38.1 Å². The van der Waals surface area contributed by atoms with E-state index in [-0.39, 0.29) is 42.0 Å². The maximum atomic E-state index is 13.7. The summed E-state index contributed by atoms with van der Waals surface area (Å²) in [7, 11) is 0. The zero-order valence-electron chi connectivity index (χ0n) is 18.5. The number of halogens is 1. The van der Waals surface area contributed by atoms with Crippen molar-refractivity contribution in [1.29, 1.82) is 0 Å². The van der Waals surface area contributed by atoms with Crippen LogP contribution in [0.15, 0.2) is 36.4 Å². The molecule has 2 fully saturated rings. The van der Waals surface area contributed by atoms with Gasteiger partial charge in [0.25, 0.3) is 0 Å². The predicted octanol–water partition coefficient (Wildman–Crippen LogP) is 3.02. The number of hydrogen-bond acceptors (Lipinski definition) is 4. The molecule has 2 unspecified atom stereocenters. The monoisotopic (exact) mass is 435 g/mol. The summed E-state index contributed by atoms with van der Waals surface area (Å²) >= 11 is 0. The molecule has 0 aliphatic carbocycles. The normalized spacial score (nSPS) is 28.6. The van der Waals surface area contributed by atoms with Crippen molar-refractivity contribution < 1.29 is 18.8 Å². The number of aryl methyl sites for hydroxylation is 1.